The number of furan rings is 1. The molecule has 2 heterocycles. The van der Waals surface area contributed by atoms with Gasteiger partial charge in [-0.2, -0.15) is 0 Å². The fourth-order valence-corrected chi connectivity index (χ4v) is 3.37. The molecule has 2 N–H and O–H groups in total. The van der Waals surface area contributed by atoms with Gasteiger partial charge in [0.15, 0.2) is 0 Å². The summed E-state index contributed by atoms with van der Waals surface area (Å²) in [5, 5.41) is 14.4. The molecule has 1 fully saturated rings. The van der Waals surface area contributed by atoms with Gasteiger partial charge in [-0.1, -0.05) is 18.2 Å². The topological polar surface area (TPSA) is 74.9 Å². The number of methoxy groups -OCH3 is 1. The Kier molecular flexibility index (Phi) is 4.07. The predicted octanol–water partition coefficient (Wildman–Crippen LogP) is 2.60. The number of fused-ring (bicyclic) bond motifs is 3. The maximum absolute atomic E-state index is 12.3. The molecule has 1 amide bonds. The number of anilines is 1. The molecule has 2 aromatic carbocycles. The van der Waals surface area contributed by atoms with Crippen molar-refractivity contribution in [3.63, 3.8) is 0 Å². The highest BCUT2D eigenvalue weighted by molar-refractivity contribution is 6.07. The minimum absolute atomic E-state index is 0.136. The van der Waals surface area contributed by atoms with E-state index in [4.69, 9.17) is 9.15 Å². The van der Waals surface area contributed by atoms with Crippen molar-refractivity contribution in [3.8, 4) is 5.75 Å². The number of aliphatic hydroxyl groups is 1. The molecule has 1 aliphatic heterocycles. The van der Waals surface area contributed by atoms with E-state index in [9.17, 15) is 9.90 Å². The number of carbonyl (C=O) groups excluding carboxylic acids is 1. The van der Waals surface area contributed by atoms with Gasteiger partial charge < -0.3 is 19.6 Å². The third kappa shape index (κ3) is 3.06. The van der Waals surface area contributed by atoms with Crippen molar-refractivity contribution in [2.24, 2.45) is 0 Å². The van der Waals surface area contributed by atoms with Crippen LogP contribution in [0.3, 0.4) is 0 Å². The lowest BCUT2D eigenvalue weighted by Gasteiger charge is -2.15. The van der Waals surface area contributed by atoms with Crippen molar-refractivity contribution in [1.82, 2.24) is 4.90 Å². The third-order valence-electron chi connectivity index (χ3n) is 4.59. The number of benzene rings is 2. The van der Waals surface area contributed by atoms with Crippen molar-refractivity contribution in [2.45, 2.75) is 12.5 Å². The van der Waals surface area contributed by atoms with Crippen molar-refractivity contribution >= 4 is 33.5 Å². The van der Waals surface area contributed by atoms with Gasteiger partial charge in [0.25, 0.3) is 0 Å². The number of para-hydroxylation sites is 1. The Hall–Kier alpha value is -2.57. The molecule has 0 bridgehead atoms. The number of amides is 1. The molecule has 6 heteroatoms. The van der Waals surface area contributed by atoms with E-state index in [1.165, 1.54) is 0 Å². The Bertz CT molecular complexity index is 934. The van der Waals surface area contributed by atoms with Gasteiger partial charge in [-0.15, -0.1) is 0 Å². The van der Waals surface area contributed by atoms with Gasteiger partial charge in [-0.3, -0.25) is 9.69 Å². The third-order valence-corrected chi connectivity index (χ3v) is 4.59. The molecule has 0 radical (unpaired) electrons. The zero-order valence-electron chi connectivity index (χ0n) is 14.0. The first-order valence-electron chi connectivity index (χ1n) is 8.33. The minimum Gasteiger partial charge on any atom is -0.495 e. The molecule has 0 unspecified atom stereocenters. The fraction of sp³-hybridized carbons (Fsp3) is 0.316. The zero-order valence-corrected chi connectivity index (χ0v) is 14.0. The summed E-state index contributed by atoms with van der Waals surface area (Å²) in [5.74, 6) is 0.455. The Labute approximate surface area is 145 Å². The highest BCUT2D eigenvalue weighted by Crippen LogP contribution is 2.36. The van der Waals surface area contributed by atoms with Gasteiger partial charge in [-0.05, 0) is 18.6 Å². The van der Waals surface area contributed by atoms with Gasteiger partial charge in [0.2, 0.25) is 5.91 Å². The van der Waals surface area contributed by atoms with Crippen LogP contribution in [0.15, 0.2) is 40.8 Å². The second-order valence-corrected chi connectivity index (χ2v) is 6.37. The van der Waals surface area contributed by atoms with Crippen LogP contribution in [0.4, 0.5) is 5.69 Å². The molecular formula is C19H20N2O4. The molecule has 1 aromatic heterocycles. The fourth-order valence-electron chi connectivity index (χ4n) is 3.37. The van der Waals surface area contributed by atoms with E-state index in [0.29, 0.717) is 30.0 Å². The Balaban J connectivity index is 1.62. The number of nitrogens with one attached hydrogen (secondary N) is 1. The summed E-state index contributed by atoms with van der Waals surface area (Å²) in [4.78, 5) is 14.3. The number of nitrogens with zero attached hydrogens (tertiary/aromatic N) is 1. The molecule has 4 rings (SSSR count). The van der Waals surface area contributed by atoms with E-state index in [2.05, 4.69) is 5.32 Å². The quantitative estimate of drug-likeness (QED) is 0.764. The van der Waals surface area contributed by atoms with Crippen LogP contribution in [0.2, 0.25) is 0 Å². The maximum atomic E-state index is 12.3. The average Bonchev–Trinajstić information content (AvgIpc) is 3.16. The normalized spacial score (nSPS) is 18.1. The number of ether oxygens (including phenoxy) is 1. The molecule has 6 nitrogen and oxygen atoms in total. The molecule has 0 saturated carbocycles. The first-order chi connectivity index (χ1) is 12.1. The number of rotatable bonds is 4. The summed E-state index contributed by atoms with van der Waals surface area (Å²) in [7, 11) is 1.58. The van der Waals surface area contributed by atoms with Crippen LogP contribution in [0.1, 0.15) is 6.42 Å². The number of likely N-dealkylation sites (tertiary alicyclic amines) is 1. The lowest BCUT2D eigenvalue weighted by Crippen LogP contribution is -2.32. The van der Waals surface area contributed by atoms with E-state index in [1.54, 1.807) is 13.2 Å². The van der Waals surface area contributed by atoms with Gasteiger partial charge >= 0.3 is 0 Å². The summed E-state index contributed by atoms with van der Waals surface area (Å²) < 4.78 is 11.3. The lowest BCUT2D eigenvalue weighted by atomic mass is 10.1. The van der Waals surface area contributed by atoms with Crippen molar-refractivity contribution in [2.75, 3.05) is 32.1 Å². The number of aliphatic hydroxyl groups excluding tert-OH is 1. The van der Waals surface area contributed by atoms with Crippen molar-refractivity contribution in [1.29, 1.82) is 0 Å². The van der Waals surface area contributed by atoms with E-state index in [-0.39, 0.29) is 18.6 Å². The minimum atomic E-state index is -0.339. The summed E-state index contributed by atoms with van der Waals surface area (Å²) in [6.07, 6.45) is 0.371. The lowest BCUT2D eigenvalue weighted by molar-refractivity contribution is -0.117. The Morgan fingerprint density at radius 2 is 2.16 bits per heavy atom. The second-order valence-electron chi connectivity index (χ2n) is 6.37. The smallest absolute Gasteiger partial charge is 0.238 e. The van der Waals surface area contributed by atoms with Crippen LogP contribution < -0.4 is 10.1 Å². The molecule has 130 valence electrons. The standard InChI is InChI=1S/C19H20N2O4/c1-24-18-8-14-13-4-2-3-5-16(13)25-17(14)9-15(18)20-19(23)11-21-7-6-12(22)10-21/h2-5,8-9,12,22H,6-7,10-11H2,1H3,(H,20,23)/t12-/m0/s1. The van der Waals surface area contributed by atoms with Gasteiger partial charge in [-0.25, -0.2) is 0 Å². The molecule has 0 spiro atoms. The first-order valence-corrected chi connectivity index (χ1v) is 8.33. The van der Waals surface area contributed by atoms with Gasteiger partial charge in [0, 0.05) is 29.9 Å². The maximum Gasteiger partial charge on any atom is 0.238 e. The highest BCUT2D eigenvalue weighted by Gasteiger charge is 2.22. The second kappa shape index (κ2) is 6.38. The van der Waals surface area contributed by atoms with E-state index in [1.807, 2.05) is 35.2 Å². The zero-order chi connectivity index (χ0) is 17.4. The van der Waals surface area contributed by atoms with Crippen molar-refractivity contribution < 1.29 is 19.1 Å². The van der Waals surface area contributed by atoms with E-state index < -0.39 is 0 Å². The molecule has 1 saturated heterocycles. The summed E-state index contributed by atoms with van der Waals surface area (Å²) >= 11 is 0. The number of β-amino-alcohol motifs (C(OH)–C–C–N with tert-alkyl or cyclic N) is 1. The molecule has 25 heavy (non-hydrogen) atoms. The van der Waals surface area contributed by atoms with Gasteiger partial charge in [0.05, 0.1) is 25.4 Å². The van der Waals surface area contributed by atoms with Crippen LogP contribution in [0.25, 0.3) is 21.9 Å². The van der Waals surface area contributed by atoms with Crippen LogP contribution in [-0.4, -0.2) is 48.8 Å². The van der Waals surface area contributed by atoms with Crippen LogP contribution in [0, 0.1) is 0 Å². The van der Waals surface area contributed by atoms with Crippen LogP contribution >= 0.6 is 0 Å². The van der Waals surface area contributed by atoms with Gasteiger partial charge in [0.1, 0.15) is 16.9 Å². The first kappa shape index (κ1) is 15.9. The number of hydrogen-bond donors (Lipinski definition) is 2. The van der Waals surface area contributed by atoms with Crippen molar-refractivity contribution in [3.05, 3.63) is 36.4 Å². The molecule has 1 atom stereocenters. The molecular weight excluding hydrogens is 320 g/mol. The average molecular weight is 340 g/mol. The van der Waals surface area contributed by atoms with Crippen LogP contribution in [0.5, 0.6) is 5.75 Å². The summed E-state index contributed by atoms with van der Waals surface area (Å²) in [6, 6.07) is 11.5. The van der Waals surface area contributed by atoms with Crippen LogP contribution in [-0.2, 0) is 4.79 Å². The number of hydrogen-bond acceptors (Lipinski definition) is 5. The summed E-state index contributed by atoms with van der Waals surface area (Å²) in [6.45, 7) is 1.51. The largest absolute Gasteiger partial charge is 0.495 e. The molecule has 0 aliphatic carbocycles. The Morgan fingerprint density at radius 3 is 2.92 bits per heavy atom. The highest BCUT2D eigenvalue weighted by atomic mass is 16.5. The molecule has 1 aliphatic rings. The summed E-state index contributed by atoms with van der Waals surface area (Å²) in [5.41, 5.74) is 2.08. The Morgan fingerprint density at radius 1 is 1.32 bits per heavy atom. The van der Waals surface area contributed by atoms with E-state index >= 15 is 0 Å². The monoisotopic (exact) mass is 340 g/mol. The predicted molar refractivity (Wildman–Crippen MR) is 96.0 cm³/mol. The SMILES string of the molecule is COc1cc2c(cc1NC(=O)CN1CC[C@H](O)C1)oc1ccccc12. The number of carbonyl (C=O) groups is 1. The molecule has 3 aromatic rings. The van der Waals surface area contributed by atoms with E-state index in [0.717, 1.165) is 22.9 Å².